The molecule has 0 spiro atoms. The summed E-state index contributed by atoms with van der Waals surface area (Å²) in [5.41, 5.74) is 2.57. The number of esters is 1. The minimum absolute atomic E-state index is 0.127. The number of hydrogen-bond donors (Lipinski definition) is 0. The van der Waals surface area contributed by atoms with Crippen molar-refractivity contribution in [2.75, 3.05) is 14.2 Å². The first-order chi connectivity index (χ1) is 16.1. The molecular formula is C25H18N2O5S. The van der Waals surface area contributed by atoms with Gasteiger partial charge in [-0.3, -0.25) is 4.79 Å². The lowest BCUT2D eigenvalue weighted by molar-refractivity contribution is 0.0729. The van der Waals surface area contributed by atoms with E-state index in [0.717, 1.165) is 16.6 Å². The van der Waals surface area contributed by atoms with E-state index in [2.05, 4.69) is 4.98 Å². The monoisotopic (exact) mass is 458 g/mol. The van der Waals surface area contributed by atoms with Crippen molar-refractivity contribution >= 4 is 39.4 Å². The van der Waals surface area contributed by atoms with Gasteiger partial charge in [-0.1, -0.05) is 29.5 Å². The number of thiazole rings is 1. The molecule has 0 bridgehead atoms. The van der Waals surface area contributed by atoms with Gasteiger partial charge in [0.2, 0.25) is 0 Å². The fraction of sp³-hybridized carbons (Fsp3) is 0.0800. The number of hydrogen-bond acceptors (Lipinski definition) is 7. The predicted molar refractivity (Wildman–Crippen MR) is 127 cm³/mol. The van der Waals surface area contributed by atoms with Crippen LogP contribution in [-0.2, 0) is 0 Å². The van der Waals surface area contributed by atoms with Crippen LogP contribution in [0.3, 0.4) is 0 Å². The van der Waals surface area contributed by atoms with Crippen LogP contribution in [0.25, 0.3) is 22.1 Å². The number of para-hydroxylation sites is 2. The number of imidazole rings is 1. The van der Waals surface area contributed by atoms with Gasteiger partial charge in [-0.05, 0) is 60.2 Å². The van der Waals surface area contributed by atoms with Crippen LogP contribution in [0.5, 0.6) is 17.2 Å². The van der Waals surface area contributed by atoms with Crippen molar-refractivity contribution in [2.24, 2.45) is 0 Å². The third-order valence-electron chi connectivity index (χ3n) is 5.16. The van der Waals surface area contributed by atoms with E-state index >= 15 is 0 Å². The Morgan fingerprint density at radius 3 is 2.52 bits per heavy atom. The smallest absolute Gasteiger partial charge is 0.343 e. The number of methoxy groups -OCH3 is 2. The van der Waals surface area contributed by atoms with Gasteiger partial charge in [0.1, 0.15) is 5.75 Å². The molecule has 2 heterocycles. The second-order valence-electron chi connectivity index (χ2n) is 7.16. The molecule has 5 rings (SSSR count). The van der Waals surface area contributed by atoms with E-state index in [-0.39, 0.29) is 11.3 Å². The van der Waals surface area contributed by atoms with E-state index in [1.165, 1.54) is 18.4 Å². The van der Waals surface area contributed by atoms with Crippen molar-refractivity contribution in [1.82, 2.24) is 9.38 Å². The Morgan fingerprint density at radius 2 is 1.76 bits per heavy atom. The van der Waals surface area contributed by atoms with Gasteiger partial charge in [0.05, 0.1) is 35.3 Å². The van der Waals surface area contributed by atoms with Crippen molar-refractivity contribution in [1.29, 1.82) is 0 Å². The summed E-state index contributed by atoms with van der Waals surface area (Å²) in [5.74, 6) is 0.797. The molecule has 0 aliphatic rings. The minimum atomic E-state index is -0.513. The van der Waals surface area contributed by atoms with Crippen LogP contribution in [0.15, 0.2) is 71.5 Å². The SMILES string of the molecule is COc1ccc(C(=O)Oc2ccc(C=c3sc4nc5ccccc5n4c3=O)cc2OC)cc1. The second-order valence-corrected chi connectivity index (χ2v) is 8.17. The molecule has 0 N–H and O–H groups in total. The lowest BCUT2D eigenvalue weighted by Crippen LogP contribution is -2.22. The Kier molecular flexibility index (Phi) is 5.27. The molecule has 8 heteroatoms. The van der Waals surface area contributed by atoms with Crippen molar-refractivity contribution in [2.45, 2.75) is 0 Å². The highest BCUT2D eigenvalue weighted by molar-refractivity contribution is 7.15. The van der Waals surface area contributed by atoms with Gasteiger partial charge in [-0.2, -0.15) is 0 Å². The van der Waals surface area contributed by atoms with E-state index in [1.54, 1.807) is 60.1 Å². The summed E-state index contributed by atoms with van der Waals surface area (Å²) in [4.78, 5) is 30.6. The molecule has 5 aromatic rings. The largest absolute Gasteiger partial charge is 0.497 e. The lowest BCUT2D eigenvalue weighted by atomic mass is 10.2. The zero-order chi connectivity index (χ0) is 22.9. The second kappa shape index (κ2) is 8.40. The van der Waals surface area contributed by atoms with E-state index < -0.39 is 5.97 Å². The number of ether oxygens (including phenoxy) is 3. The first kappa shape index (κ1) is 20.7. The zero-order valence-corrected chi connectivity index (χ0v) is 18.6. The summed E-state index contributed by atoms with van der Waals surface area (Å²) in [6, 6.07) is 19.3. The average Bonchev–Trinajstić information content (AvgIpc) is 3.35. The number of rotatable bonds is 5. The van der Waals surface area contributed by atoms with Crippen molar-refractivity contribution < 1.29 is 19.0 Å². The maximum atomic E-state index is 13.0. The summed E-state index contributed by atoms with van der Waals surface area (Å²) >= 11 is 1.32. The molecule has 0 unspecified atom stereocenters. The molecule has 33 heavy (non-hydrogen) atoms. The fourth-order valence-corrected chi connectivity index (χ4v) is 4.49. The van der Waals surface area contributed by atoms with Crippen molar-refractivity contribution in [3.05, 3.63) is 92.7 Å². The van der Waals surface area contributed by atoms with Crippen LogP contribution in [0.2, 0.25) is 0 Å². The van der Waals surface area contributed by atoms with Gasteiger partial charge in [-0.15, -0.1) is 0 Å². The molecular weight excluding hydrogens is 440 g/mol. The van der Waals surface area contributed by atoms with Gasteiger partial charge in [0.25, 0.3) is 5.56 Å². The van der Waals surface area contributed by atoms with Gasteiger partial charge in [0, 0.05) is 0 Å². The summed E-state index contributed by atoms with van der Waals surface area (Å²) in [6.45, 7) is 0. The average molecular weight is 458 g/mol. The zero-order valence-electron chi connectivity index (χ0n) is 17.8. The lowest BCUT2D eigenvalue weighted by Gasteiger charge is -2.10. The van der Waals surface area contributed by atoms with Gasteiger partial charge < -0.3 is 14.2 Å². The standard InChI is InChI=1S/C25H18N2O5S/c1-30-17-10-8-16(9-11-17)24(29)32-20-12-7-15(13-21(20)31-2)14-22-23(28)27-19-6-4-3-5-18(19)26-25(27)33-22/h3-14H,1-2H3. The number of carbonyl (C=O) groups excluding carboxylic acids is 1. The van der Waals surface area contributed by atoms with Crippen LogP contribution in [-0.4, -0.2) is 29.6 Å². The summed E-state index contributed by atoms with van der Waals surface area (Å²) in [7, 11) is 3.05. The number of fused-ring (bicyclic) bond motifs is 3. The maximum Gasteiger partial charge on any atom is 0.343 e. The van der Waals surface area contributed by atoms with Crippen molar-refractivity contribution in [3.8, 4) is 17.2 Å². The molecule has 0 aliphatic carbocycles. The van der Waals surface area contributed by atoms with E-state index in [9.17, 15) is 9.59 Å². The molecule has 7 nitrogen and oxygen atoms in total. The predicted octanol–water partition coefficient (Wildman–Crippen LogP) is 3.69. The highest BCUT2D eigenvalue weighted by Crippen LogP contribution is 2.29. The molecule has 164 valence electrons. The normalized spacial score (nSPS) is 11.8. The number of benzene rings is 3. The van der Waals surface area contributed by atoms with E-state index in [0.29, 0.717) is 26.6 Å². The Bertz CT molecular complexity index is 1600. The summed E-state index contributed by atoms with van der Waals surface area (Å²) in [5, 5.41) is 0. The molecule has 0 saturated carbocycles. The van der Waals surface area contributed by atoms with Crippen LogP contribution in [0.1, 0.15) is 15.9 Å². The molecule has 0 atom stereocenters. The van der Waals surface area contributed by atoms with Crippen LogP contribution in [0.4, 0.5) is 0 Å². The quantitative estimate of drug-likeness (QED) is 0.295. The highest BCUT2D eigenvalue weighted by atomic mass is 32.1. The molecule has 0 saturated heterocycles. The third kappa shape index (κ3) is 3.81. The highest BCUT2D eigenvalue weighted by Gasteiger charge is 2.14. The molecule has 3 aromatic carbocycles. The number of aromatic nitrogens is 2. The molecule has 0 aliphatic heterocycles. The fourth-order valence-electron chi connectivity index (χ4n) is 3.51. The minimum Gasteiger partial charge on any atom is -0.497 e. The third-order valence-corrected chi connectivity index (χ3v) is 6.13. The summed E-state index contributed by atoms with van der Waals surface area (Å²) < 4.78 is 18.2. The number of carbonyl (C=O) groups is 1. The molecule has 0 radical (unpaired) electrons. The Balaban J connectivity index is 1.47. The van der Waals surface area contributed by atoms with E-state index in [4.69, 9.17) is 14.2 Å². The van der Waals surface area contributed by atoms with E-state index in [1.807, 2.05) is 24.3 Å². The van der Waals surface area contributed by atoms with Crippen LogP contribution < -0.4 is 24.3 Å². The molecule has 2 aromatic heterocycles. The first-order valence-electron chi connectivity index (χ1n) is 10.0. The van der Waals surface area contributed by atoms with Crippen molar-refractivity contribution in [3.63, 3.8) is 0 Å². The Hall–Kier alpha value is -4.17. The summed E-state index contributed by atoms with van der Waals surface area (Å²) in [6.07, 6.45) is 1.77. The maximum absolute atomic E-state index is 13.0. The Labute approximate surface area is 192 Å². The van der Waals surface area contributed by atoms with Gasteiger partial charge >= 0.3 is 5.97 Å². The number of nitrogens with zero attached hydrogens (tertiary/aromatic N) is 2. The molecule has 0 fully saturated rings. The van der Waals surface area contributed by atoms with Gasteiger partial charge in [-0.25, -0.2) is 14.2 Å². The van der Waals surface area contributed by atoms with Gasteiger partial charge in [0.15, 0.2) is 16.5 Å². The molecule has 0 amide bonds. The van der Waals surface area contributed by atoms with Crippen LogP contribution >= 0.6 is 11.3 Å². The topological polar surface area (TPSA) is 79.1 Å². The Morgan fingerprint density at radius 1 is 0.970 bits per heavy atom. The van der Waals surface area contributed by atoms with Crippen LogP contribution in [0, 0.1) is 0 Å². The first-order valence-corrected chi connectivity index (χ1v) is 10.8.